The van der Waals surface area contributed by atoms with Gasteiger partial charge in [-0.05, 0) is 54.7 Å². The summed E-state index contributed by atoms with van der Waals surface area (Å²) in [5, 5.41) is 0. The summed E-state index contributed by atoms with van der Waals surface area (Å²) >= 11 is 0. The van der Waals surface area contributed by atoms with E-state index in [4.69, 9.17) is 4.74 Å². The Balaban J connectivity index is 1.92. The van der Waals surface area contributed by atoms with Crippen molar-refractivity contribution in [2.45, 2.75) is 65.3 Å². The molecule has 5 heteroatoms. The molecule has 0 aromatic heterocycles. The number of carbonyl (C=O) groups is 2. The monoisotopic (exact) mass is 450 g/mol. The Labute approximate surface area is 198 Å². The van der Waals surface area contributed by atoms with Crippen LogP contribution in [0.15, 0.2) is 48.5 Å². The Hall–Kier alpha value is -2.82. The van der Waals surface area contributed by atoms with Gasteiger partial charge in [-0.25, -0.2) is 0 Å². The molecular formula is C28H38N2O3. The van der Waals surface area contributed by atoms with Crippen LogP contribution in [-0.2, 0) is 11.3 Å². The molecule has 2 aromatic carbocycles. The zero-order valence-corrected chi connectivity index (χ0v) is 20.4. The molecule has 0 fully saturated rings. The van der Waals surface area contributed by atoms with Crippen LogP contribution in [0.4, 0.5) is 5.69 Å². The summed E-state index contributed by atoms with van der Waals surface area (Å²) in [6.45, 7) is 6.10. The minimum Gasteiger partial charge on any atom is -0.497 e. The van der Waals surface area contributed by atoms with Crippen molar-refractivity contribution < 1.29 is 14.3 Å². The number of rotatable bonds is 4. The van der Waals surface area contributed by atoms with Gasteiger partial charge in [0.15, 0.2) is 0 Å². The summed E-state index contributed by atoms with van der Waals surface area (Å²) in [4.78, 5) is 30.5. The summed E-state index contributed by atoms with van der Waals surface area (Å²) < 4.78 is 5.24. The lowest BCUT2D eigenvalue weighted by atomic mass is 10.1. The van der Waals surface area contributed by atoms with Gasteiger partial charge in [-0.2, -0.15) is 0 Å². The van der Waals surface area contributed by atoms with E-state index < -0.39 is 0 Å². The van der Waals surface area contributed by atoms with Crippen LogP contribution in [-0.4, -0.2) is 36.9 Å². The van der Waals surface area contributed by atoms with Crippen LogP contribution in [0.2, 0.25) is 0 Å². The molecule has 0 bridgehead atoms. The zero-order valence-electron chi connectivity index (χ0n) is 20.4. The van der Waals surface area contributed by atoms with Gasteiger partial charge in [0.25, 0.3) is 5.91 Å². The van der Waals surface area contributed by atoms with Crippen molar-refractivity contribution in [2.75, 3.05) is 25.1 Å². The molecule has 1 aliphatic heterocycles. The van der Waals surface area contributed by atoms with Gasteiger partial charge < -0.3 is 14.5 Å². The second-order valence-electron chi connectivity index (χ2n) is 9.35. The van der Waals surface area contributed by atoms with Crippen molar-refractivity contribution in [3.63, 3.8) is 0 Å². The Kier molecular flexibility index (Phi) is 9.35. The molecular weight excluding hydrogens is 412 g/mol. The number of anilines is 1. The highest BCUT2D eigenvalue weighted by Crippen LogP contribution is 2.26. The molecule has 0 unspecified atom stereocenters. The standard InChI is InChI=1S/C28H38N2O3/c1-22(2)20-27(31)30-19-11-7-5-4-6-10-18-29(21-24-12-8-9-13-26(24)30)28(32)23-14-16-25(33-3)17-15-23/h8-9,12-17,22H,4-7,10-11,18-21H2,1-3H3. The Morgan fingerprint density at radius 2 is 1.52 bits per heavy atom. The van der Waals surface area contributed by atoms with Crippen molar-refractivity contribution in [2.24, 2.45) is 5.92 Å². The molecule has 5 nitrogen and oxygen atoms in total. The molecule has 2 amide bonds. The van der Waals surface area contributed by atoms with Gasteiger partial charge in [-0.3, -0.25) is 9.59 Å². The van der Waals surface area contributed by atoms with E-state index >= 15 is 0 Å². The molecule has 2 aromatic rings. The van der Waals surface area contributed by atoms with Crippen LogP contribution in [0.3, 0.4) is 0 Å². The van der Waals surface area contributed by atoms with E-state index in [2.05, 4.69) is 19.9 Å². The fraction of sp³-hybridized carbons (Fsp3) is 0.500. The second-order valence-corrected chi connectivity index (χ2v) is 9.35. The third-order valence-corrected chi connectivity index (χ3v) is 6.21. The first-order valence-corrected chi connectivity index (χ1v) is 12.3. The van der Waals surface area contributed by atoms with Gasteiger partial charge in [0, 0.05) is 37.3 Å². The number of hydrogen-bond acceptors (Lipinski definition) is 3. The van der Waals surface area contributed by atoms with E-state index in [-0.39, 0.29) is 11.8 Å². The highest BCUT2D eigenvalue weighted by Gasteiger charge is 2.23. The first-order chi connectivity index (χ1) is 16.0. The van der Waals surface area contributed by atoms with Gasteiger partial charge in [0.1, 0.15) is 5.75 Å². The molecule has 0 radical (unpaired) electrons. The summed E-state index contributed by atoms with van der Waals surface area (Å²) in [5.41, 5.74) is 2.62. The van der Waals surface area contributed by atoms with Gasteiger partial charge in [-0.1, -0.05) is 57.7 Å². The number of nitrogens with zero attached hydrogens (tertiary/aromatic N) is 2. The lowest BCUT2D eigenvalue weighted by Crippen LogP contribution is -2.35. The number of carbonyl (C=O) groups excluding carboxylic acids is 2. The maximum absolute atomic E-state index is 13.5. The number of hydrogen-bond donors (Lipinski definition) is 0. The van der Waals surface area contributed by atoms with Gasteiger partial charge in [-0.15, -0.1) is 0 Å². The zero-order chi connectivity index (χ0) is 23.6. The molecule has 0 N–H and O–H groups in total. The number of amides is 2. The lowest BCUT2D eigenvalue weighted by Gasteiger charge is -2.29. The van der Waals surface area contributed by atoms with Crippen molar-refractivity contribution >= 4 is 17.5 Å². The SMILES string of the molecule is COc1ccc(C(=O)N2CCCCCCCCN(C(=O)CC(C)C)c3ccccc3C2)cc1. The molecule has 0 saturated heterocycles. The number of fused-ring (bicyclic) bond motifs is 1. The van der Waals surface area contributed by atoms with E-state index in [1.165, 1.54) is 6.42 Å². The summed E-state index contributed by atoms with van der Waals surface area (Å²) in [6.07, 6.45) is 7.10. The Morgan fingerprint density at radius 3 is 2.18 bits per heavy atom. The minimum absolute atomic E-state index is 0.0161. The topological polar surface area (TPSA) is 49.9 Å². The van der Waals surface area contributed by atoms with Crippen LogP contribution < -0.4 is 9.64 Å². The fourth-order valence-corrected chi connectivity index (χ4v) is 4.40. The van der Waals surface area contributed by atoms with Gasteiger partial charge in [0.2, 0.25) is 5.91 Å². The van der Waals surface area contributed by atoms with Crippen LogP contribution in [0.1, 0.15) is 74.7 Å². The highest BCUT2D eigenvalue weighted by atomic mass is 16.5. The van der Waals surface area contributed by atoms with Crippen molar-refractivity contribution in [1.29, 1.82) is 0 Å². The number of benzene rings is 2. The Morgan fingerprint density at radius 1 is 0.879 bits per heavy atom. The molecule has 0 atom stereocenters. The Bertz CT molecular complexity index is 908. The summed E-state index contributed by atoms with van der Waals surface area (Å²) in [6, 6.07) is 15.4. The van der Waals surface area contributed by atoms with E-state index in [1.807, 2.05) is 52.3 Å². The molecule has 0 saturated carbocycles. The minimum atomic E-state index is 0.0161. The smallest absolute Gasteiger partial charge is 0.254 e. The lowest BCUT2D eigenvalue weighted by molar-refractivity contribution is -0.119. The first kappa shape index (κ1) is 24.8. The van der Waals surface area contributed by atoms with Crippen molar-refractivity contribution in [1.82, 2.24) is 4.90 Å². The predicted molar refractivity (Wildman–Crippen MR) is 134 cm³/mol. The molecule has 0 aliphatic carbocycles. The van der Waals surface area contributed by atoms with E-state index in [9.17, 15) is 9.59 Å². The molecule has 1 heterocycles. The molecule has 33 heavy (non-hydrogen) atoms. The average Bonchev–Trinajstić information content (AvgIpc) is 2.83. The number of para-hydroxylation sites is 1. The molecule has 3 rings (SSSR count). The number of ether oxygens (including phenoxy) is 1. The number of methoxy groups -OCH3 is 1. The normalized spacial score (nSPS) is 15.8. The largest absolute Gasteiger partial charge is 0.497 e. The third kappa shape index (κ3) is 7.08. The molecule has 0 spiro atoms. The second kappa shape index (κ2) is 12.4. The summed E-state index contributed by atoms with van der Waals surface area (Å²) in [7, 11) is 1.62. The van der Waals surface area contributed by atoms with Crippen molar-refractivity contribution in [3.05, 3.63) is 59.7 Å². The fourth-order valence-electron chi connectivity index (χ4n) is 4.40. The van der Waals surface area contributed by atoms with Gasteiger partial charge >= 0.3 is 0 Å². The maximum atomic E-state index is 13.5. The quantitative estimate of drug-likeness (QED) is 0.568. The summed E-state index contributed by atoms with van der Waals surface area (Å²) in [5.74, 6) is 1.23. The van der Waals surface area contributed by atoms with E-state index in [0.29, 0.717) is 31.0 Å². The molecule has 178 valence electrons. The predicted octanol–water partition coefficient (Wildman–Crippen LogP) is 6.07. The average molecular weight is 451 g/mol. The highest BCUT2D eigenvalue weighted by molar-refractivity contribution is 5.95. The third-order valence-electron chi connectivity index (χ3n) is 6.21. The van der Waals surface area contributed by atoms with Crippen LogP contribution in [0, 0.1) is 5.92 Å². The van der Waals surface area contributed by atoms with Gasteiger partial charge in [0.05, 0.1) is 7.11 Å². The van der Waals surface area contributed by atoms with E-state index in [0.717, 1.165) is 55.6 Å². The first-order valence-electron chi connectivity index (χ1n) is 12.3. The maximum Gasteiger partial charge on any atom is 0.254 e. The van der Waals surface area contributed by atoms with E-state index in [1.54, 1.807) is 7.11 Å². The van der Waals surface area contributed by atoms with Crippen molar-refractivity contribution in [3.8, 4) is 5.75 Å². The van der Waals surface area contributed by atoms with Crippen LogP contribution >= 0.6 is 0 Å². The molecule has 1 aliphatic rings. The van der Waals surface area contributed by atoms with Crippen LogP contribution in [0.25, 0.3) is 0 Å². The van der Waals surface area contributed by atoms with Crippen LogP contribution in [0.5, 0.6) is 5.75 Å².